The highest BCUT2D eigenvalue weighted by Crippen LogP contribution is 2.45. The van der Waals surface area contributed by atoms with Gasteiger partial charge in [0.2, 0.25) is 0 Å². The highest BCUT2D eigenvalue weighted by Gasteiger charge is 2.56. The summed E-state index contributed by atoms with van der Waals surface area (Å²) in [6.45, 7) is 0. The Morgan fingerprint density at radius 1 is 0.757 bits per heavy atom. The lowest BCUT2D eigenvalue weighted by Gasteiger charge is -2.43. The van der Waals surface area contributed by atoms with Crippen LogP contribution in [0.25, 0.3) is 22.3 Å². The van der Waals surface area contributed by atoms with Crippen LogP contribution in [0.2, 0.25) is 0 Å². The molecule has 0 bridgehead atoms. The highest BCUT2D eigenvalue weighted by atomic mass is 16.2. The molecule has 1 aliphatic heterocycles. The molecule has 0 radical (unpaired) electrons. The summed E-state index contributed by atoms with van der Waals surface area (Å²) >= 11 is 0. The summed E-state index contributed by atoms with van der Waals surface area (Å²) in [5.74, 6) is -0.00907. The Hall–Kier alpha value is -4.32. The maximum Gasteiger partial charge on any atom is 0.262 e. The minimum absolute atomic E-state index is 0.101. The van der Waals surface area contributed by atoms with Crippen LogP contribution in [0.1, 0.15) is 43.2 Å². The molecular weight excluding hydrogens is 458 g/mol. The number of nitrogens with one attached hydrogen (secondary N) is 2. The predicted octanol–water partition coefficient (Wildman–Crippen LogP) is 5.75. The molecule has 2 N–H and O–H groups in total. The normalized spacial score (nSPS) is 17.6. The molecule has 37 heavy (non-hydrogen) atoms. The number of nitrogens with zero attached hydrogens (tertiary/aromatic N) is 3. The number of benzene rings is 2. The van der Waals surface area contributed by atoms with Crippen molar-refractivity contribution in [1.82, 2.24) is 20.2 Å². The van der Waals surface area contributed by atoms with E-state index in [9.17, 15) is 4.79 Å². The second kappa shape index (κ2) is 9.62. The molecule has 184 valence electrons. The summed E-state index contributed by atoms with van der Waals surface area (Å²) in [4.78, 5) is 24.8. The molecule has 2 aliphatic rings. The molecule has 6 rings (SSSR count). The molecule has 0 spiro atoms. The molecule has 4 aromatic rings. The van der Waals surface area contributed by atoms with Gasteiger partial charge in [-0.1, -0.05) is 67.8 Å². The molecule has 0 atom stereocenters. The van der Waals surface area contributed by atoms with Gasteiger partial charge in [0.25, 0.3) is 5.91 Å². The van der Waals surface area contributed by atoms with Gasteiger partial charge in [-0.3, -0.25) is 25.5 Å². The molecule has 3 heterocycles. The first-order valence-corrected chi connectivity index (χ1v) is 12.9. The number of carbonyl (C=O) groups excluding carboxylic acids is 1. The van der Waals surface area contributed by atoms with E-state index >= 15 is 0 Å². The van der Waals surface area contributed by atoms with Gasteiger partial charge in [-0.15, -0.1) is 0 Å². The smallest absolute Gasteiger partial charge is 0.262 e. The van der Waals surface area contributed by atoms with E-state index in [0.717, 1.165) is 59.1 Å². The zero-order valence-corrected chi connectivity index (χ0v) is 20.6. The molecule has 2 fully saturated rings. The number of pyridine rings is 2. The van der Waals surface area contributed by atoms with Crippen LogP contribution in [-0.4, -0.2) is 32.8 Å². The van der Waals surface area contributed by atoms with Gasteiger partial charge in [-0.25, -0.2) is 0 Å². The number of hydrogen-bond donors (Lipinski definition) is 2. The van der Waals surface area contributed by atoms with Crippen LogP contribution in [0.3, 0.4) is 0 Å². The third-order valence-electron chi connectivity index (χ3n) is 7.65. The maximum atomic E-state index is 14.1. The van der Waals surface area contributed by atoms with Crippen LogP contribution < -0.4 is 5.32 Å². The van der Waals surface area contributed by atoms with Gasteiger partial charge in [0.15, 0.2) is 11.5 Å². The second-order valence-electron chi connectivity index (χ2n) is 9.82. The van der Waals surface area contributed by atoms with Crippen LogP contribution in [-0.2, 0) is 10.3 Å². The number of aromatic nitrogens is 2. The lowest BCUT2D eigenvalue weighted by atomic mass is 9.77. The third kappa shape index (κ3) is 3.99. The van der Waals surface area contributed by atoms with Crippen molar-refractivity contribution in [3.8, 4) is 22.3 Å². The average Bonchev–Trinajstić information content (AvgIpc) is 3.24. The summed E-state index contributed by atoms with van der Waals surface area (Å²) in [6.07, 6.45) is 12.5. The molecule has 6 heteroatoms. The van der Waals surface area contributed by atoms with Gasteiger partial charge in [-0.2, -0.15) is 0 Å². The molecule has 2 aromatic carbocycles. The molecule has 1 saturated carbocycles. The molecule has 6 nitrogen and oxygen atoms in total. The van der Waals surface area contributed by atoms with Crippen molar-refractivity contribution in [3.05, 3.63) is 109 Å². The van der Waals surface area contributed by atoms with Crippen molar-refractivity contribution < 1.29 is 4.79 Å². The van der Waals surface area contributed by atoms with E-state index in [1.54, 1.807) is 12.4 Å². The fourth-order valence-electron chi connectivity index (χ4n) is 5.95. The molecule has 1 saturated heterocycles. The number of rotatable bonds is 5. The largest absolute Gasteiger partial charge is 0.317 e. The zero-order valence-electron chi connectivity index (χ0n) is 20.6. The Bertz CT molecular complexity index is 1350. The summed E-state index contributed by atoms with van der Waals surface area (Å²) in [7, 11) is 0. The second-order valence-corrected chi connectivity index (χ2v) is 9.82. The fraction of sp³-hybridized carbons (Fsp3) is 0.226. The first-order chi connectivity index (χ1) is 18.2. The van der Waals surface area contributed by atoms with Gasteiger partial charge in [0.1, 0.15) is 0 Å². The zero-order chi connectivity index (χ0) is 25.2. The highest BCUT2D eigenvalue weighted by molar-refractivity contribution is 6.10. The SMILES string of the molecule is N=C1NC(=O)C(c2cccc(-c3cccnc3)c2)(c2cccc(-c3cccnc3)c2)N1C1CCCCC1. The van der Waals surface area contributed by atoms with Gasteiger partial charge >= 0.3 is 0 Å². The average molecular weight is 488 g/mol. The first-order valence-electron chi connectivity index (χ1n) is 12.9. The maximum absolute atomic E-state index is 14.1. The Morgan fingerprint density at radius 3 is 1.81 bits per heavy atom. The van der Waals surface area contributed by atoms with E-state index in [-0.39, 0.29) is 17.9 Å². The van der Waals surface area contributed by atoms with Crippen molar-refractivity contribution in [2.45, 2.75) is 43.7 Å². The minimum Gasteiger partial charge on any atom is -0.317 e. The van der Waals surface area contributed by atoms with Gasteiger partial charge in [0, 0.05) is 30.8 Å². The van der Waals surface area contributed by atoms with Gasteiger partial charge < -0.3 is 4.90 Å². The van der Waals surface area contributed by atoms with Gasteiger partial charge in [0.05, 0.1) is 0 Å². The molecule has 1 amide bonds. The van der Waals surface area contributed by atoms with Crippen LogP contribution in [0.4, 0.5) is 0 Å². The van der Waals surface area contributed by atoms with E-state index in [2.05, 4.69) is 32.3 Å². The third-order valence-corrected chi connectivity index (χ3v) is 7.65. The lowest BCUT2D eigenvalue weighted by molar-refractivity contribution is -0.126. The van der Waals surface area contributed by atoms with Crippen molar-refractivity contribution in [2.24, 2.45) is 0 Å². The number of guanidine groups is 1. The van der Waals surface area contributed by atoms with Crippen molar-refractivity contribution >= 4 is 11.9 Å². The van der Waals surface area contributed by atoms with E-state index in [1.165, 1.54) is 6.42 Å². The van der Waals surface area contributed by atoms with Crippen molar-refractivity contribution in [2.75, 3.05) is 0 Å². The molecule has 1 aliphatic carbocycles. The van der Waals surface area contributed by atoms with Crippen LogP contribution in [0, 0.1) is 5.41 Å². The van der Waals surface area contributed by atoms with E-state index in [1.807, 2.05) is 73.1 Å². The Morgan fingerprint density at radius 2 is 1.30 bits per heavy atom. The first kappa shape index (κ1) is 23.1. The summed E-state index contributed by atoms with van der Waals surface area (Å²) < 4.78 is 0. The van der Waals surface area contributed by atoms with E-state index < -0.39 is 5.54 Å². The number of amides is 1. The number of hydrogen-bond acceptors (Lipinski definition) is 4. The van der Waals surface area contributed by atoms with Gasteiger partial charge in [-0.05, 0) is 70.5 Å². The van der Waals surface area contributed by atoms with Crippen LogP contribution in [0.5, 0.6) is 0 Å². The Labute approximate surface area is 216 Å². The fourth-order valence-corrected chi connectivity index (χ4v) is 5.95. The van der Waals surface area contributed by atoms with Crippen LogP contribution >= 0.6 is 0 Å². The standard InChI is InChI=1S/C31H29N5O/c32-30-35-29(37)31(36(30)28-14-2-1-3-15-28,26-12-4-8-22(18-26)24-10-6-16-33-20-24)27-13-5-9-23(19-27)25-11-7-17-34-21-25/h4-13,16-21,28H,1-3,14-15H2,(H2,32,35,37). The number of carbonyl (C=O) groups is 1. The monoisotopic (exact) mass is 487 g/mol. The molecule has 0 unspecified atom stereocenters. The van der Waals surface area contributed by atoms with E-state index in [0.29, 0.717) is 0 Å². The molecule has 2 aromatic heterocycles. The lowest BCUT2D eigenvalue weighted by Crippen LogP contribution is -2.53. The summed E-state index contributed by atoms with van der Waals surface area (Å²) in [5.41, 5.74) is 4.49. The molecular formula is C31H29N5O. The van der Waals surface area contributed by atoms with E-state index in [4.69, 9.17) is 5.41 Å². The minimum atomic E-state index is -1.16. The predicted molar refractivity (Wildman–Crippen MR) is 145 cm³/mol. The quantitative estimate of drug-likeness (QED) is 0.375. The Balaban J connectivity index is 1.58. The summed E-state index contributed by atoms with van der Waals surface area (Å²) in [6, 6.07) is 24.3. The Kier molecular flexibility index (Phi) is 6.01. The topological polar surface area (TPSA) is 82.0 Å². The van der Waals surface area contributed by atoms with Crippen LogP contribution in [0.15, 0.2) is 97.6 Å². The van der Waals surface area contributed by atoms with Crippen molar-refractivity contribution in [1.29, 1.82) is 5.41 Å². The summed E-state index contributed by atoms with van der Waals surface area (Å²) in [5, 5.41) is 11.9. The van der Waals surface area contributed by atoms with Crippen molar-refractivity contribution in [3.63, 3.8) is 0 Å².